The van der Waals surface area contributed by atoms with E-state index in [-0.39, 0.29) is 11.4 Å². The van der Waals surface area contributed by atoms with Crippen molar-refractivity contribution in [3.8, 4) is 11.8 Å². The van der Waals surface area contributed by atoms with Gasteiger partial charge in [-0.1, -0.05) is 48.0 Å². The van der Waals surface area contributed by atoms with Gasteiger partial charge in [0.1, 0.15) is 23.2 Å². The van der Waals surface area contributed by atoms with Crippen LogP contribution < -0.4 is 10.1 Å². The molecule has 0 radical (unpaired) electrons. The van der Waals surface area contributed by atoms with Gasteiger partial charge in [-0.05, 0) is 60.4 Å². The number of rotatable bonds is 6. The lowest BCUT2D eigenvalue weighted by Gasteiger charge is -2.11. The monoisotopic (exact) mass is 414 g/mol. The molecule has 1 N–H and O–H groups in total. The molecule has 0 aliphatic heterocycles. The number of carbonyl (C=O) groups is 1. The number of hydrogen-bond donors (Lipinski definition) is 1. The average molecular weight is 414 g/mol. The van der Waals surface area contributed by atoms with Crippen molar-refractivity contribution < 1.29 is 13.9 Å². The SMILES string of the molecule is COc1cc(/C=C(\C#N)C(=O)Nc2ccc(C)cc2C)ccc1Cc1ccccc1F. The quantitative estimate of drug-likeness (QED) is 0.423. The molecule has 0 saturated heterocycles. The molecule has 0 aromatic heterocycles. The van der Waals surface area contributed by atoms with E-state index in [0.717, 1.165) is 16.7 Å². The van der Waals surface area contributed by atoms with E-state index in [9.17, 15) is 14.4 Å². The number of ether oxygens (including phenoxy) is 1. The van der Waals surface area contributed by atoms with Gasteiger partial charge in [0.15, 0.2) is 0 Å². The third kappa shape index (κ3) is 5.37. The fraction of sp³-hybridized carbons (Fsp3) is 0.154. The van der Waals surface area contributed by atoms with Crippen LogP contribution in [0.1, 0.15) is 27.8 Å². The second-order valence-electron chi connectivity index (χ2n) is 7.28. The Morgan fingerprint density at radius 2 is 1.87 bits per heavy atom. The molecule has 3 rings (SSSR count). The topological polar surface area (TPSA) is 62.1 Å². The highest BCUT2D eigenvalue weighted by atomic mass is 19.1. The molecular weight excluding hydrogens is 391 g/mol. The van der Waals surface area contributed by atoms with Crippen LogP contribution in [0.5, 0.6) is 5.75 Å². The van der Waals surface area contributed by atoms with Crippen molar-refractivity contribution in [2.75, 3.05) is 12.4 Å². The van der Waals surface area contributed by atoms with Crippen LogP contribution in [0.4, 0.5) is 10.1 Å². The fourth-order valence-corrected chi connectivity index (χ4v) is 3.30. The van der Waals surface area contributed by atoms with E-state index in [4.69, 9.17) is 4.74 Å². The van der Waals surface area contributed by atoms with Gasteiger partial charge >= 0.3 is 0 Å². The smallest absolute Gasteiger partial charge is 0.266 e. The highest BCUT2D eigenvalue weighted by Gasteiger charge is 2.13. The van der Waals surface area contributed by atoms with Gasteiger partial charge in [-0.25, -0.2) is 4.39 Å². The van der Waals surface area contributed by atoms with Gasteiger partial charge in [0.2, 0.25) is 0 Å². The number of benzene rings is 3. The minimum atomic E-state index is -0.483. The Morgan fingerprint density at radius 1 is 1.10 bits per heavy atom. The normalized spacial score (nSPS) is 11.0. The zero-order valence-electron chi connectivity index (χ0n) is 17.7. The number of amides is 1. The summed E-state index contributed by atoms with van der Waals surface area (Å²) in [6.45, 7) is 3.87. The molecule has 0 bridgehead atoms. The van der Waals surface area contributed by atoms with Gasteiger partial charge in [0, 0.05) is 12.1 Å². The van der Waals surface area contributed by atoms with Crippen LogP contribution in [-0.2, 0) is 11.2 Å². The van der Waals surface area contributed by atoms with Crippen LogP contribution in [-0.4, -0.2) is 13.0 Å². The van der Waals surface area contributed by atoms with Crippen molar-refractivity contribution in [3.63, 3.8) is 0 Å². The van der Waals surface area contributed by atoms with E-state index in [1.165, 1.54) is 19.3 Å². The number of nitrogens with zero attached hydrogens (tertiary/aromatic N) is 1. The number of nitrogens with one attached hydrogen (secondary N) is 1. The molecule has 0 fully saturated rings. The Kier molecular flexibility index (Phi) is 6.84. The summed E-state index contributed by atoms with van der Waals surface area (Å²) in [5.74, 6) is -0.198. The molecule has 0 spiro atoms. The van der Waals surface area contributed by atoms with Gasteiger partial charge in [-0.15, -0.1) is 0 Å². The van der Waals surface area contributed by atoms with E-state index < -0.39 is 5.91 Å². The minimum Gasteiger partial charge on any atom is -0.496 e. The van der Waals surface area contributed by atoms with Gasteiger partial charge in [-0.2, -0.15) is 5.26 Å². The van der Waals surface area contributed by atoms with Crippen molar-refractivity contribution >= 4 is 17.7 Å². The molecule has 0 saturated carbocycles. The molecule has 0 aliphatic carbocycles. The summed E-state index contributed by atoms with van der Waals surface area (Å²) in [5.41, 5.74) is 4.66. The minimum absolute atomic E-state index is 0.0242. The maximum Gasteiger partial charge on any atom is 0.266 e. The second-order valence-corrected chi connectivity index (χ2v) is 7.28. The van der Waals surface area contributed by atoms with E-state index in [1.54, 1.807) is 30.3 Å². The van der Waals surface area contributed by atoms with Crippen LogP contribution in [0.15, 0.2) is 66.2 Å². The van der Waals surface area contributed by atoms with Gasteiger partial charge in [-0.3, -0.25) is 4.79 Å². The molecule has 0 aliphatic rings. The van der Waals surface area contributed by atoms with Gasteiger partial charge < -0.3 is 10.1 Å². The summed E-state index contributed by atoms with van der Waals surface area (Å²) < 4.78 is 19.5. The van der Waals surface area contributed by atoms with Crippen LogP contribution in [0.3, 0.4) is 0 Å². The molecule has 1 amide bonds. The Labute approximate surface area is 181 Å². The molecule has 5 heteroatoms. The van der Waals surface area contributed by atoms with Crippen molar-refractivity contribution in [1.29, 1.82) is 5.26 Å². The molecule has 3 aromatic rings. The van der Waals surface area contributed by atoms with Crippen molar-refractivity contribution in [2.24, 2.45) is 0 Å². The van der Waals surface area contributed by atoms with Crippen LogP contribution in [0, 0.1) is 31.0 Å². The molecule has 0 atom stereocenters. The number of methoxy groups -OCH3 is 1. The Hall–Kier alpha value is -3.91. The van der Waals surface area contributed by atoms with Crippen molar-refractivity contribution in [1.82, 2.24) is 0 Å². The lowest BCUT2D eigenvalue weighted by atomic mass is 10.0. The average Bonchev–Trinajstić information content (AvgIpc) is 2.76. The van der Waals surface area contributed by atoms with E-state index >= 15 is 0 Å². The lowest BCUT2D eigenvalue weighted by Crippen LogP contribution is -2.14. The molecular formula is C26H23FN2O2. The largest absolute Gasteiger partial charge is 0.496 e. The molecule has 4 nitrogen and oxygen atoms in total. The number of nitriles is 1. The Balaban J connectivity index is 1.84. The summed E-state index contributed by atoms with van der Waals surface area (Å²) >= 11 is 0. The first-order valence-electron chi connectivity index (χ1n) is 9.82. The number of halogens is 1. The second kappa shape index (κ2) is 9.73. The molecule has 0 unspecified atom stereocenters. The summed E-state index contributed by atoms with van der Waals surface area (Å²) in [5, 5.41) is 12.3. The maximum absolute atomic E-state index is 14.0. The zero-order valence-corrected chi connectivity index (χ0v) is 17.7. The van der Waals surface area contributed by atoms with Crippen molar-refractivity contribution in [3.05, 3.63) is 99.9 Å². The Bertz CT molecular complexity index is 1190. The van der Waals surface area contributed by atoms with E-state index in [1.807, 2.05) is 44.2 Å². The predicted octanol–water partition coefficient (Wildman–Crippen LogP) is 5.59. The summed E-state index contributed by atoms with van der Waals surface area (Å²) in [6, 6.07) is 19.6. The highest BCUT2D eigenvalue weighted by molar-refractivity contribution is 6.10. The Morgan fingerprint density at radius 3 is 2.55 bits per heavy atom. The lowest BCUT2D eigenvalue weighted by molar-refractivity contribution is -0.112. The molecule has 0 heterocycles. The third-order valence-corrected chi connectivity index (χ3v) is 4.96. The first-order chi connectivity index (χ1) is 14.9. The van der Waals surface area contributed by atoms with Crippen LogP contribution in [0.2, 0.25) is 0 Å². The highest BCUT2D eigenvalue weighted by Crippen LogP contribution is 2.25. The number of carbonyl (C=O) groups excluding carboxylic acids is 1. The third-order valence-electron chi connectivity index (χ3n) is 4.96. The number of hydrogen-bond acceptors (Lipinski definition) is 3. The molecule has 3 aromatic carbocycles. The first-order valence-corrected chi connectivity index (χ1v) is 9.82. The maximum atomic E-state index is 14.0. The summed E-state index contributed by atoms with van der Waals surface area (Å²) in [4.78, 5) is 12.6. The van der Waals surface area contributed by atoms with E-state index in [2.05, 4.69) is 5.32 Å². The van der Waals surface area contributed by atoms with Gasteiger partial charge in [0.25, 0.3) is 5.91 Å². The fourth-order valence-electron chi connectivity index (χ4n) is 3.30. The zero-order chi connectivity index (χ0) is 22.4. The molecule has 31 heavy (non-hydrogen) atoms. The summed E-state index contributed by atoms with van der Waals surface area (Å²) in [6.07, 6.45) is 1.88. The van der Waals surface area contributed by atoms with Crippen molar-refractivity contribution in [2.45, 2.75) is 20.3 Å². The standard InChI is InChI=1S/C26H23FN2O2/c1-17-8-11-24(18(2)12-17)29-26(30)22(16-28)13-19-9-10-21(25(14-19)31-3)15-20-6-4-5-7-23(20)27/h4-14H,15H2,1-3H3,(H,29,30)/b22-13+. The van der Waals surface area contributed by atoms with Crippen LogP contribution in [0.25, 0.3) is 6.08 Å². The van der Waals surface area contributed by atoms with Gasteiger partial charge in [0.05, 0.1) is 7.11 Å². The summed E-state index contributed by atoms with van der Waals surface area (Å²) in [7, 11) is 1.53. The van der Waals surface area contributed by atoms with Crippen LogP contribution >= 0.6 is 0 Å². The first kappa shape index (κ1) is 21.8. The van der Waals surface area contributed by atoms with E-state index in [0.29, 0.717) is 29.0 Å². The number of anilines is 1. The predicted molar refractivity (Wildman–Crippen MR) is 120 cm³/mol. The molecule has 156 valence electrons. The number of aryl methyl sites for hydroxylation is 2.